The third-order valence-electron chi connectivity index (χ3n) is 2.01. The van der Waals surface area contributed by atoms with Crippen LogP contribution in [0.25, 0.3) is 10.2 Å². The van der Waals surface area contributed by atoms with Gasteiger partial charge in [0.15, 0.2) is 4.34 Å². The van der Waals surface area contributed by atoms with Crippen LogP contribution in [0.1, 0.15) is 6.92 Å². The first-order valence-corrected chi connectivity index (χ1v) is 7.25. The molecule has 0 amide bonds. The summed E-state index contributed by atoms with van der Waals surface area (Å²) in [6.07, 6.45) is 0. The maximum Gasteiger partial charge on any atom is 0.151 e. The third kappa shape index (κ3) is 2.88. The Bertz CT molecular complexity index is 472. The van der Waals surface area contributed by atoms with E-state index in [2.05, 4.69) is 4.98 Å². The Hall–Kier alpha value is -0.290. The summed E-state index contributed by atoms with van der Waals surface area (Å²) in [7, 11) is 0. The van der Waals surface area contributed by atoms with Crippen molar-refractivity contribution >= 4 is 44.9 Å². The summed E-state index contributed by atoms with van der Waals surface area (Å²) in [4.78, 5) is 4.50. The summed E-state index contributed by atoms with van der Waals surface area (Å²) in [6, 6.07) is 5.88. The van der Waals surface area contributed by atoms with Crippen LogP contribution in [0.2, 0.25) is 5.02 Å². The first-order chi connectivity index (χ1) is 7.81. The molecule has 2 aromatic rings. The van der Waals surface area contributed by atoms with E-state index >= 15 is 0 Å². The minimum atomic E-state index is 0.727. The van der Waals surface area contributed by atoms with E-state index in [1.807, 2.05) is 25.1 Å². The van der Waals surface area contributed by atoms with Crippen molar-refractivity contribution < 1.29 is 4.74 Å². The van der Waals surface area contributed by atoms with Crippen molar-refractivity contribution in [1.29, 1.82) is 0 Å². The highest BCUT2D eigenvalue weighted by molar-refractivity contribution is 8.01. The Kier molecular flexibility index (Phi) is 4.46. The molecule has 5 heteroatoms. The molecule has 0 atom stereocenters. The Balaban J connectivity index is 2.05. The zero-order valence-corrected chi connectivity index (χ0v) is 11.3. The molecule has 0 fully saturated rings. The summed E-state index contributed by atoms with van der Waals surface area (Å²) in [6.45, 7) is 3.54. The normalized spacial score (nSPS) is 11.1. The van der Waals surface area contributed by atoms with Crippen LogP contribution in [0.4, 0.5) is 0 Å². The van der Waals surface area contributed by atoms with Crippen LogP contribution in [-0.4, -0.2) is 24.0 Å². The Morgan fingerprint density at radius 1 is 1.50 bits per heavy atom. The standard InChI is InChI=1S/C11H12ClNOS2/c1-2-14-6-7-15-11-13-10-8(12)4-3-5-9(10)16-11/h3-5H,2,6-7H2,1H3. The molecule has 1 heterocycles. The lowest BCUT2D eigenvalue weighted by Gasteiger charge is -1.97. The van der Waals surface area contributed by atoms with E-state index in [4.69, 9.17) is 16.3 Å². The Morgan fingerprint density at radius 3 is 3.12 bits per heavy atom. The number of benzene rings is 1. The number of hydrogen-bond donors (Lipinski definition) is 0. The highest BCUT2D eigenvalue weighted by atomic mass is 35.5. The molecule has 0 bridgehead atoms. The van der Waals surface area contributed by atoms with E-state index in [9.17, 15) is 0 Å². The van der Waals surface area contributed by atoms with Crippen molar-refractivity contribution in [2.24, 2.45) is 0 Å². The van der Waals surface area contributed by atoms with Gasteiger partial charge in [-0.3, -0.25) is 0 Å². The number of ether oxygens (including phenoxy) is 1. The monoisotopic (exact) mass is 273 g/mol. The summed E-state index contributed by atoms with van der Waals surface area (Å²) < 4.78 is 7.49. The molecular formula is C11H12ClNOS2. The fourth-order valence-electron chi connectivity index (χ4n) is 1.29. The Labute approximate surface area is 108 Å². The maximum absolute atomic E-state index is 6.06. The number of nitrogens with zero attached hydrogens (tertiary/aromatic N) is 1. The molecule has 86 valence electrons. The molecule has 1 aromatic carbocycles. The van der Waals surface area contributed by atoms with Crippen molar-refractivity contribution in [2.75, 3.05) is 19.0 Å². The molecule has 0 unspecified atom stereocenters. The van der Waals surface area contributed by atoms with E-state index in [0.717, 1.165) is 38.5 Å². The smallest absolute Gasteiger partial charge is 0.151 e. The molecule has 0 radical (unpaired) electrons. The largest absolute Gasteiger partial charge is 0.381 e. The topological polar surface area (TPSA) is 22.1 Å². The number of rotatable bonds is 5. The predicted octanol–water partition coefficient (Wildman–Crippen LogP) is 4.08. The highest BCUT2D eigenvalue weighted by Crippen LogP contribution is 2.32. The summed E-state index contributed by atoms with van der Waals surface area (Å²) in [5.74, 6) is 0.936. The highest BCUT2D eigenvalue weighted by Gasteiger charge is 2.06. The lowest BCUT2D eigenvalue weighted by molar-refractivity contribution is 0.164. The van der Waals surface area contributed by atoms with E-state index in [1.165, 1.54) is 0 Å². The number of aromatic nitrogens is 1. The second-order valence-electron chi connectivity index (χ2n) is 3.11. The van der Waals surface area contributed by atoms with Crippen LogP contribution in [0.15, 0.2) is 22.5 Å². The molecule has 0 N–H and O–H groups in total. The number of hydrogen-bond acceptors (Lipinski definition) is 4. The number of fused-ring (bicyclic) bond motifs is 1. The maximum atomic E-state index is 6.06. The van der Waals surface area contributed by atoms with Gasteiger partial charge in [-0.05, 0) is 19.1 Å². The fourth-order valence-corrected chi connectivity index (χ4v) is 3.57. The molecule has 0 aliphatic heterocycles. The van der Waals surface area contributed by atoms with Crippen LogP contribution >= 0.6 is 34.7 Å². The SMILES string of the molecule is CCOCCSc1nc2c(Cl)cccc2s1. The van der Waals surface area contributed by atoms with E-state index < -0.39 is 0 Å². The van der Waals surface area contributed by atoms with Crippen LogP contribution in [0, 0.1) is 0 Å². The van der Waals surface area contributed by atoms with Gasteiger partial charge < -0.3 is 4.74 Å². The molecule has 16 heavy (non-hydrogen) atoms. The van der Waals surface area contributed by atoms with Gasteiger partial charge in [-0.1, -0.05) is 29.4 Å². The van der Waals surface area contributed by atoms with Crippen LogP contribution in [-0.2, 0) is 4.74 Å². The number of thiazole rings is 1. The van der Waals surface area contributed by atoms with Gasteiger partial charge in [-0.25, -0.2) is 4.98 Å². The first kappa shape index (κ1) is 12.2. The average molecular weight is 274 g/mol. The average Bonchev–Trinajstić information content (AvgIpc) is 2.69. The van der Waals surface area contributed by atoms with Crippen molar-refractivity contribution in [2.45, 2.75) is 11.3 Å². The summed E-state index contributed by atoms with van der Waals surface area (Å²) in [5.41, 5.74) is 0.910. The van der Waals surface area contributed by atoms with Gasteiger partial charge in [0.2, 0.25) is 0 Å². The molecule has 0 aliphatic rings. The number of halogens is 1. The van der Waals surface area contributed by atoms with E-state index in [1.54, 1.807) is 23.1 Å². The Morgan fingerprint density at radius 2 is 2.38 bits per heavy atom. The molecule has 0 spiro atoms. The number of thioether (sulfide) groups is 1. The lowest BCUT2D eigenvalue weighted by Crippen LogP contribution is -1.95. The summed E-state index contributed by atoms with van der Waals surface area (Å²) in [5, 5.41) is 0.727. The van der Waals surface area contributed by atoms with Gasteiger partial charge in [0, 0.05) is 12.4 Å². The second-order valence-corrected chi connectivity index (χ2v) is 5.89. The van der Waals surface area contributed by atoms with Gasteiger partial charge in [0.05, 0.1) is 16.3 Å². The number of para-hydroxylation sites is 1. The molecule has 0 saturated carbocycles. The zero-order valence-electron chi connectivity index (χ0n) is 8.90. The molecule has 1 aromatic heterocycles. The van der Waals surface area contributed by atoms with Gasteiger partial charge in [0.1, 0.15) is 5.52 Å². The zero-order chi connectivity index (χ0) is 11.4. The van der Waals surface area contributed by atoms with Crippen molar-refractivity contribution in [3.05, 3.63) is 23.2 Å². The van der Waals surface area contributed by atoms with Gasteiger partial charge in [-0.2, -0.15) is 0 Å². The lowest BCUT2D eigenvalue weighted by atomic mass is 10.3. The van der Waals surface area contributed by atoms with Crippen LogP contribution in [0.5, 0.6) is 0 Å². The third-order valence-corrected chi connectivity index (χ3v) is 4.44. The molecular weight excluding hydrogens is 262 g/mol. The van der Waals surface area contributed by atoms with E-state index in [-0.39, 0.29) is 0 Å². The molecule has 0 saturated heterocycles. The predicted molar refractivity (Wildman–Crippen MR) is 71.8 cm³/mol. The second kappa shape index (κ2) is 5.87. The van der Waals surface area contributed by atoms with Crippen molar-refractivity contribution in [1.82, 2.24) is 4.98 Å². The molecule has 2 rings (SSSR count). The molecule has 2 nitrogen and oxygen atoms in total. The minimum absolute atomic E-state index is 0.727. The van der Waals surface area contributed by atoms with Crippen molar-refractivity contribution in [3.63, 3.8) is 0 Å². The van der Waals surface area contributed by atoms with Gasteiger partial charge >= 0.3 is 0 Å². The quantitative estimate of drug-likeness (QED) is 0.605. The van der Waals surface area contributed by atoms with E-state index in [0.29, 0.717) is 0 Å². The molecule has 0 aliphatic carbocycles. The minimum Gasteiger partial charge on any atom is -0.381 e. The van der Waals surface area contributed by atoms with Crippen LogP contribution < -0.4 is 0 Å². The van der Waals surface area contributed by atoms with Gasteiger partial charge in [0.25, 0.3) is 0 Å². The van der Waals surface area contributed by atoms with Crippen molar-refractivity contribution in [3.8, 4) is 0 Å². The van der Waals surface area contributed by atoms with Gasteiger partial charge in [-0.15, -0.1) is 11.3 Å². The van der Waals surface area contributed by atoms with Crippen LogP contribution in [0.3, 0.4) is 0 Å². The summed E-state index contributed by atoms with van der Waals surface area (Å²) >= 11 is 9.46. The fraction of sp³-hybridized carbons (Fsp3) is 0.364. The first-order valence-electron chi connectivity index (χ1n) is 5.07.